The van der Waals surface area contributed by atoms with Crippen molar-refractivity contribution < 1.29 is 32.2 Å². The van der Waals surface area contributed by atoms with Gasteiger partial charge in [-0.3, -0.25) is 9.59 Å². The van der Waals surface area contributed by atoms with Gasteiger partial charge < -0.3 is 20.1 Å². The molecule has 3 aliphatic heterocycles. The lowest BCUT2D eigenvalue weighted by Crippen LogP contribution is -2.51. The third-order valence-electron chi connectivity index (χ3n) is 8.80. The number of hydrogen-bond donors (Lipinski definition) is 3. The van der Waals surface area contributed by atoms with E-state index in [9.17, 15) is 22.8 Å². The van der Waals surface area contributed by atoms with E-state index < -0.39 is 23.5 Å². The summed E-state index contributed by atoms with van der Waals surface area (Å²) in [6.45, 7) is 0.495. The predicted octanol–water partition coefficient (Wildman–Crippen LogP) is 4.59. The number of fused-ring (bicyclic) bond motifs is 2. The summed E-state index contributed by atoms with van der Waals surface area (Å²) in [5, 5.41) is 7.92. The fourth-order valence-electron chi connectivity index (χ4n) is 6.46. The van der Waals surface area contributed by atoms with Gasteiger partial charge in [0, 0.05) is 18.3 Å². The average Bonchev–Trinajstić information content (AvgIpc) is 3.55. The number of rotatable bonds is 6. The van der Waals surface area contributed by atoms with Crippen molar-refractivity contribution in [3.8, 4) is 5.75 Å². The van der Waals surface area contributed by atoms with Gasteiger partial charge in [-0.25, -0.2) is 10.4 Å². The van der Waals surface area contributed by atoms with Crippen LogP contribution in [-0.2, 0) is 35.1 Å². The molecule has 0 aromatic heterocycles. The van der Waals surface area contributed by atoms with Crippen LogP contribution in [0.4, 0.5) is 18.9 Å². The van der Waals surface area contributed by atoms with Crippen molar-refractivity contribution in [3.05, 3.63) is 94.5 Å². The van der Waals surface area contributed by atoms with Gasteiger partial charge in [-0.1, -0.05) is 36.4 Å². The number of benzene rings is 3. The summed E-state index contributed by atoms with van der Waals surface area (Å²) in [6.07, 6.45) is -1.94. The number of carbonyl (C=O) groups is 2. The van der Waals surface area contributed by atoms with Gasteiger partial charge in [0.05, 0.1) is 23.7 Å². The van der Waals surface area contributed by atoms with E-state index in [0.29, 0.717) is 35.4 Å². The number of nitrogens with zero attached hydrogens (tertiary/aromatic N) is 1. The Balaban J connectivity index is 0.966. The zero-order chi connectivity index (χ0) is 29.8. The molecule has 2 amide bonds. The van der Waals surface area contributed by atoms with Crippen molar-refractivity contribution in [2.75, 3.05) is 11.9 Å². The molecule has 8 nitrogen and oxygen atoms in total. The summed E-state index contributed by atoms with van der Waals surface area (Å²) in [6, 6.07) is 18.4. The number of alkyl halides is 3. The van der Waals surface area contributed by atoms with Gasteiger partial charge in [-0.05, 0) is 72.7 Å². The summed E-state index contributed by atoms with van der Waals surface area (Å²) >= 11 is 0. The molecule has 224 valence electrons. The molecule has 0 unspecified atom stereocenters. The first-order chi connectivity index (χ1) is 20.7. The van der Waals surface area contributed by atoms with Gasteiger partial charge >= 0.3 is 6.18 Å². The zero-order valence-electron chi connectivity index (χ0n) is 23.2. The van der Waals surface area contributed by atoms with Crippen molar-refractivity contribution in [2.45, 2.75) is 68.7 Å². The Morgan fingerprint density at radius 2 is 1.79 bits per heavy atom. The smallest absolute Gasteiger partial charge is 0.416 e. The highest BCUT2D eigenvalue weighted by Gasteiger charge is 2.64. The summed E-state index contributed by atoms with van der Waals surface area (Å²) < 4.78 is 51.0. The van der Waals surface area contributed by atoms with Gasteiger partial charge in [0.1, 0.15) is 18.5 Å². The van der Waals surface area contributed by atoms with Crippen molar-refractivity contribution in [1.29, 1.82) is 0 Å². The van der Waals surface area contributed by atoms with Crippen LogP contribution >= 0.6 is 0 Å². The van der Waals surface area contributed by atoms with Crippen molar-refractivity contribution in [2.24, 2.45) is 0 Å². The van der Waals surface area contributed by atoms with Crippen LogP contribution in [0.15, 0.2) is 66.7 Å². The molecule has 11 heteroatoms. The highest BCUT2D eigenvalue weighted by molar-refractivity contribution is 5.99. The lowest BCUT2D eigenvalue weighted by atomic mass is 9.93. The van der Waals surface area contributed by atoms with Crippen LogP contribution in [0.3, 0.4) is 0 Å². The maximum absolute atomic E-state index is 13.5. The first-order valence-electron chi connectivity index (χ1n) is 14.5. The molecular formula is C32H31F3N4O4. The third kappa shape index (κ3) is 5.43. The first-order valence-corrected chi connectivity index (χ1v) is 14.5. The van der Waals surface area contributed by atoms with E-state index in [2.05, 4.69) is 28.2 Å². The van der Waals surface area contributed by atoms with E-state index >= 15 is 0 Å². The maximum atomic E-state index is 13.5. The van der Waals surface area contributed by atoms with Crippen molar-refractivity contribution >= 4 is 17.5 Å². The topological polar surface area (TPSA) is 102 Å². The van der Waals surface area contributed by atoms with E-state index in [1.54, 1.807) is 23.2 Å². The molecule has 43 heavy (non-hydrogen) atoms. The summed E-state index contributed by atoms with van der Waals surface area (Å²) in [5.41, 5.74) is 6.09. The van der Waals surface area contributed by atoms with Crippen molar-refractivity contribution in [1.82, 2.24) is 15.8 Å². The maximum Gasteiger partial charge on any atom is 0.416 e. The van der Waals surface area contributed by atoms with Gasteiger partial charge in [-0.2, -0.15) is 13.2 Å². The van der Waals surface area contributed by atoms with Crippen LogP contribution in [0, 0.1) is 0 Å². The molecule has 2 saturated heterocycles. The quantitative estimate of drug-likeness (QED) is 0.362. The molecular weight excluding hydrogens is 561 g/mol. The molecule has 1 spiro atoms. The van der Waals surface area contributed by atoms with Crippen LogP contribution in [0.2, 0.25) is 0 Å². The van der Waals surface area contributed by atoms with E-state index in [0.717, 1.165) is 25.0 Å². The minimum atomic E-state index is -4.38. The SMILES string of the molecule is O=C(C[C@@H]1CC[C@]23NN2C(=O)c2cc(NCc4ccc(C(F)(F)F)cc4)ccc2OC[C@@H]3O1)NC1Cc2ccccc2C1. The molecule has 1 aliphatic carbocycles. The van der Waals surface area contributed by atoms with Gasteiger partial charge in [0.2, 0.25) is 5.91 Å². The Hall–Kier alpha value is -4.09. The van der Waals surface area contributed by atoms with Crippen LogP contribution in [0.5, 0.6) is 5.75 Å². The molecule has 0 saturated carbocycles. The second-order valence-electron chi connectivity index (χ2n) is 11.7. The molecule has 3 N–H and O–H groups in total. The zero-order valence-corrected chi connectivity index (χ0v) is 23.2. The fraction of sp³-hybridized carbons (Fsp3) is 0.375. The lowest BCUT2D eigenvalue weighted by molar-refractivity contribution is -0.137. The molecule has 3 aromatic carbocycles. The van der Waals surface area contributed by atoms with E-state index in [1.165, 1.54) is 23.3 Å². The number of hydrazine groups is 1. The average molecular weight is 593 g/mol. The monoisotopic (exact) mass is 592 g/mol. The molecule has 7 rings (SSSR count). The summed E-state index contributed by atoms with van der Waals surface area (Å²) in [7, 11) is 0. The lowest BCUT2D eigenvalue weighted by Gasteiger charge is -2.36. The number of amides is 2. The summed E-state index contributed by atoms with van der Waals surface area (Å²) in [5.74, 6) is 0.124. The van der Waals surface area contributed by atoms with Gasteiger partial charge in [0.25, 0.3) is 5.91 Å². The number of ether oxygens (including phenoxy) is 2. The molecule has 3 heterocycles. The van der Waals surface area contributed by atoms with E-state index in [-0.39, 0.29) is 43.5 Å². The molecule has 0 bridgehead atoms. The Morgan fingerprint density at radius 1 is 1.05 bits per heavy atom. The second-order valence-corrected chi connectivity index (χ2v) is 11.7. The largest absolute Gasteiger partial charge is 0.490 e. The van der Waals surface area contributed by atoms with Crippen LogP contribution in [0.25, 0.3) is 0 Å². The van der Waals surface area contributed by atoms with Crippen LogP contribution in [-0.4, -0.2) is 47.3 Å². The molecule has 0 radical (unpaired) electrons. The van der Waals surface area contributed by atoms with Crippen LogP contribution in [0.1, 0.15) is 51.9 Å². The fourth-order valence-corrected chi connectivity index (χ4v) is 6.46. The number of hydrogen-bond acceptors (Lipinski definition) is 6. The van der Waals surface area contributed by atoms with E-state index in [4.69, 9.17) is 9.47 Å². The van der Waals surface area contributed by atoms with Crippen molar-refractivity contribution in [3.63, 3.8) is 0 Å². The Kier molecular flexibility index (Phi) is 6.81. The molecule has 3 atom stereocenters. The highest BCUT2D eigenvalue weighted by Crippen LogP contribution is 2.44. The van der Waals surface area contributed by atoms with Gasteiger partial charge in [0.15, 0.2) is 5.66 Å². The molecule has 3 aromatic rings. The Labute approximate surface area is 246 Å². The predicted molar refractivity (Wildman–Crippen MR) is 151 cm³/mol. The first kappa shape index (κ1) is 27.7. The van der Waals surface area contributed by atoms with Crippen LogP contribution < -0.4 is 20.8 Å². The number of carbonyl (C=O) groups excluding carboxylic acids is 2. The molecule has 4 aliphatic rings. The molecule has 2 fully saturated rings. The minimum Gasteiger partial charge on any atom is -0.490 e. The van der Waals surface area contributed by atoms with E-state index in [1.807, 2.05) is 12.1 Å². The summed E-state index contributed by atoms with van der Waals surface area (Å²) in [4.78, 5) is 26.4. The third-order valence-corrected chi connectivity index (χ3v) is 8.80. The second kappa shape index (κ2) is 10.6. The highest BCUT2D eigenvalue weighted by atomic mass is 19.4. The normalized spacial score (nSPS) is 24.4. The van der Waals surface area contributed by atoms with Gasteiger partial charge in [-0.15, -0.1) is 0 Å². The standard InChI is InChI=1S/C32H31F3N4O4/c33-32(34,35)22-7-5-19(6-8-22)17-36-23-9-10-27-26(15-23)30(41)39-31(38-39)12-11-25(43-28(31)18-42-27)16-29(40)37-24-13-20-3-1-2-4-21(20)14-24/h1-10,15,24-25,28,36,38H,11-14,16-18H2,(H,37,40)/t25-,28-,31-,39?/m0/s1. The Morgan fingerprint density at radius 3 is 2.51 bits per heavy atom. The number of anilines is 1. The minimum absolute atomic E-state index is 0.0381. The number of halogens is 3. The Bertz CT molecular complexity index is 1540. The number of nitrogens with one attached hydrogen (secondary N) is 3.